The summed E-state index contributed by atoms with van der Waals surface area (Å²) in [5.74, 6) is 0.682. The van der Waals surface area contributed by atoms with E-state index in [1.807, 2.05) is 4.57 Å². The van der Waals surface area contributed by atoms with Crippen molar-refractivity contribution in [1.29, 1.82) is 0 Å². The Hall–Kier alpha value is -1.07. The van der Waals surface area contributed by atoms with E-state index in [4.69, 9.17) is 4.74 Å². The van der Waals surface area contributed by atoms with Crippen molar-refractivity contribution in [3.63, 3.8) is 0 Å². The van der Waals surface area contributed by atoms with Gasteiger partial charge in [0.25, 0.3) is 0 Å². The predicted octanol–water partition coefficient (Wildman–Crippen LogP) is 0.627. The molecule has 0 unspecified atom stereocenters. The molecule has 0 radical (unpaired) electrons. The van der Waals surface area contributed by atoms with Gasteiger partial charge in [0, 0.05) is 26.1 Å². The van der Waals surface area contributed by atoms with Gasteiger partial charge in [0.1, 0.15) is 11.5 Å². The molecule has 0 amide bonds. The van der Waals surface area contributed by atoms with Crippen molar-refractivity contribution in [2.24, 2.45) is 0 Å². The Kier molecular flexibility index (Phi) is 4.76. The first-order chi connectivity index (χ1) is 7.33. The summed E-state index contributed by atoms with van der Waals surface area (Å²) in [7, 11) is 0. The number of hydrogen-bond acceptors (Lipinski definition) is 4. The molecule has 0 aliphatic carbocycles. The Morgan fingerprint density at radius 2 is 2.44 bits per heavy atom. The van der Waals surface area contributed by atoms with Gasteiger partial charge in [0.15, 0.2) is 0 Å². The third-order valence-corrected chi connectivity index (χ3v) is 2.46. The van der Waals surface area contributed by atoms with Gasteiger partial charge in [0.05, 0.1) is 12.8 Å². The zero-order valence-electron chi connectivity index (χ0n) is 9.23. The van der Waals surface area contributed by atoms with Crippen LogP contribution in [-0.2, 0) is 17.7 Å². The predicted molar refractivity (Wildman–Crippen MR) is 62.0 cm³/mol. The largest absolute Gasteiger partial charge is 0.461 e. The molecule has 1 aliphatic heterocycles. The number of hydrogen-bond donors (Lipinski definition) is 1. The first-order valence-electron chi connectivity index (χ1n) is 5.25. The average molecular weight is 246 g/mol. The van der Waals surface area contributed by atoms with E-state index < -0.39 is 0 Å². The molecule has 1 aromatic rings. The minimum atomic E-state index is -0.279. The molecule has 0 spiro atoms. The molecule has 0 fully saturated rings. The maximum absolute atomic E-state index is 11.6. The number of carbonyl (C=O) groups is 1. The smallest absolute Gasteiger partial charge is 0.356 e. The highest BCUT2D eigenvalue weighted by Gasteiger charge is 2.18. The molecule has 0 atom stereocenters. The van der Waals surface area contributed by atoms with Crippen LogP contribution in [0.15, 0.2) is 6.20 Å². The number of imidazole rings is 1. The molecule has 0 saturated heterocycles. The summed E-state index contributed by atoms with van der Waals surface area (Å²) in [6.45, 7) is 4.77. The van der Waals surface area contributed by atoms with Crippen LogP contribution in [0, 0.1) is 0 Å². The van der Waals surface area contributed by atoms with Gasteiger partial charge in [-0.05, 0) is 6.92 Å². The van der Waals surface area contributed by atoms with Crippen LogP contribution in [0.1, 0.15) is 23.2 Å². The van der Waals surface area contributed by atoms with Crippen LogP contribution in [0.25, 0.3) is 0 Å². The number of aromatic nitrogens is 2. The van der Waals surface area contributed by atoms with Crippen molar-refractivity contribution in [3.05, 3.63) is 17.7 Å². The Labute approximate surface area is 101 Å². The SMILES string of the molecule is CCOC(=O)c1cnc2n1CCNCC2.Cl. The number of rotatable bonds is 2. The van der Waals surface area contributed by atoms with Gasteiger partial charge in [-0.15, -0.1) is 12.4 Å². The van der Waals surface area contributed by atoms with E-state index in [2.05, 4.69) is 10.3 Å². The second kappa shape index (κ2) is 5.86. The second-order valence-electron chi connectivity index (χ2n) is 3.43. The fourth-order valence-electron chi connectivity index (χ4n) is 1.75. The standard InChI is InChI=1S/C10H15N3O2.ClH/c1-2-15-10(14)8-7-12-9-3-4-11-5-6-13(8)9;/h7,11H,2-6H2,1H3;1H. The van der Waals surface area contributed by atoms with Gasteiger partial charge in [-0.2, -0.15) is 0 Å². The quantitative estimate of drug-likeness (QED) is 0.777. The summed E-state index contributed by atoms with van der Waals surface area (Å²) in [4.78, 5) is 15.8. The minimum Gasteiger partial charge on any atom is -0.461 e. The highest BCUT2D eigenvalue weighted by molar-refractivity contribution is 5.87. The Morgan fingerprint density at radius 3 is 3.19 bits per heavy atom. The number of fused-ring (bicyclic) bond motifs is 1. The van der Waals surface area contributed by atoms with Gasteiger partial charge < -0.3 is 14.6 Å². The van der Waals surface area contributed by atoms with Crippen molar-refractivity contribution < 1.29 is 9.53 Å². The summed E-state index contributed by atoms with van der Waals surface area (Å²) in [6.07, 6.45) is 2.47. The first kappa shape index (κ1) is 13.0. The molecule has 0 bridgehead atoms. The highest BCUT2D eigenvalue weighted by Crippen LogP contribution is 2.09. The Balaban J connectivity index is 0.00000128. The van der Waals surface area contributed by atoms with E-state index in [9.17, 15) is 4.79 Å². The molecule has 6 heteroatoms. The number of nitrogens with zero attached hydrogens (tertiary/aromatic N) is 2. The first-order valence-corrected chi connectivity index (χ1v) is 5.25. The van der Waals surface area contributed by atoms with Crippen LogP contribution in [-0.4, -0.2) is 35.2 Å². The fourth-order valence-corrected chi connectivity index (χ4v) is 1.75. The van der Waals surface area contributed by atoms with Crippen molar-refractivity contribution in [2.75, 3.05) is 19.7 Å². The Morgan fingerprint density at radius 1 is 1.62 bits per heavy atom. The third kappa shape index (κ3) is 2.54. The molecule has 90 valence electrons. The lowest BCUT2D eigenvalue weighted by Gasteiger charge is -2.07. The molecule has 1 aromatic heterocycles. The maximum Gasteiger partial charge on any atom is 0.356 e. The summed E-state index contributed by atoms with van der Waals surface area (Å²) in [5, 5.41) is 3.27. The highest BCUT2D eigenvalue weighted by atomic mass is 35.5. The van der Waals surface area contributed by atoms with Gasteiger partial charge in [0.2, 0.25) is 0 Å². The normalized spacial score (nSPS) is 14.6. The molecule has 0 aromatic carbocycles. The maximum atomic E-state index is 11.6. The van der Waals surface area contributed by atoms with Crippen LogP contribution in [0.4, 0.5) is 0 Å². The Bertz CT molecular complexity index is 365. The average Bonchev–Trinajstić information content (AvgIpc) is 2.48. The summed E-state index contributed by atoms with van der Waals surface area (Å²) >= 11 is 0. The van der Waals surface area contributed by atoms with Crippen molar-refractivity contribution >= 4 is 18.4 Å². The number of halogens is 1. The van der Waals surface area contributed by atoms with Crippen molar-refractivity contribution in [2.45, 2.75) is 19.9 Å². The monoisotopic (exact) mass is 245 g/mol. The zero-order chi connectivity index (χ0) is 10.7. The number of ether oxygens (including phenoxy) is 1. The summed E-state index contributed by atoms with van der Waals surface area (Å²) in [5.41, 5.74) is 0.565. The van der Waals surface area contributed by atoms with Crippen LogP contribution in [0.2, 0.25) is 0 Å². The van der Waals surface area contributed by atoms with Gasteiger partial charge >= 0.3 is 5.97 Å². The van der Waals surface area contributed by atoms with Gasteiger partial charge in [-0.3, -0.25) is 0 Å². The molecule has 5 nitrogen and oxygen atoms in total. The molecular formula is C10H16ClN3O2. The number of nitrogens with one attached hydrogen (secondary N) is 1. The van der Waals surface area contributed by atoms with Crippen LogP contribution < -0.4 is 5.32 Å². The van der Waals surface area contributed by atoms with Crippen molar-refractivity contribution in [1.82, 2.24) is 14.9 Å². The topological polar surface area (TPSA) is 56.1 Å². The summed E-state index contributed by atoms with van der Waals surface area (Å²) in [6, 6.07) is 0. The molecule has 0 saturated carbocycles. The second-order valence-corrected chi connectivity index (χ2v) is 3.43. The molecular weight excluding hydrogens is 230 g/mol. The molecule has 2 rings (SSSR count). The van der Waals surface area contributed by atoms with E-state index in [1.54, 1.807) is 13.1 Å². The van der Waals surface area contributed by atoms with Gasteiger partial charge in [-0.25, -0.2) is 9.78 Å². The molecule has 16 heavy (non-hydrogen) atoms. The van der Waals surface area contributed by atoms with E-state index in [0.29, 0.717) is 12.3 Å². The van der Waals surface area contributed by atoms with E-state index in [-0.39, 0.29) is 18.4 Å². The van der Waals surface area contributed by atoms with Gasteiger partial charge in [-0.1, -0.05) is 0 Å². The number of carbonyl (C=O) groups excluding carboxylic acids is 1. The number of esters is 1. The lowest BCUT2D eigenvalue weighted by atomic mass is 10.4. The molecule has 1 aliphatic rings. The van der Waals surface area contributed by atoms with E-state index >= 15 is 0 Å². The lowest BCUT2D eigenvalue weighted by molar-refractivity contribution is 0.0513. The fraction of sp³-hybridized carbons (Fsp3) is 0.600. The summed E-state index contributed by atoms with van der Waals surface area (Å²) < 4.78 is 6.92. The van der Waals surface area contributed by atoms with E-state index in [0.717, 1.165) is 31.9 Å². The lowest BCUT2D eigenvalue weighted by Crippen LogP contribution is -2.19. The minimum absolute atomic E-state index is 0. The zero-order valence-corrected chi connectivity index (χ0v) is 10.0. The van der Waals surface area contributed by atoms with Crippen LogP contribution in [0.5, 0.6) is 0 Å². The third-order valence-electron chi connectivity index (χ3n) is 2.46. The van der Waals surface area contributed by atoms with Crippen molar-refractivity contribution in [3.8, 4) is 0 Å². The van der Waals surface area contributed by atoms with Crippen LogP contribution >= 0.6 is 12.4 Å². The van der Waals surface area contributed by atoms with E-state index in [1.165, 1.54) is 0 Å². The molecule has 2 heterocycles. The van der Waals surface area contributed by atoms with Crippen LogP contribution in [0.3, 0.4) is 0 Å². The molecule has 1 N–H and O–H groups in total.